The molecular formula is C16H25N3O3. The van der Waals surface area contributed by atoms with Crippen LogP contribution in [0.5, 0.6) is 0 Å². The summed E-state index contributed by atoms with van der Waals surface area (Å²) in [5.74, 6) is -1.32. The van der Waals surface area contributed by atoms with Crippen LogP contribution in [0.2, 0.25) is 0 Å². The van der Waals surface area contributed by atoms with Gasteiger partial charge < -0.3 is 21.1 Å². The number of hydrogen-bond acceptors (Lipinski definition) is 4. The van der Waals surface area contributed by atoms with Gasteiger partial charge in [-0.05, 0) is 57.6 Å². The van der Waals surface area contributed by atoms with E-state index in [0.717, 1.165) is 29.8 Å². The summed E-state index contributed by atoms with van der Waals surface area (Å²) in [6.07, 6.45) is 0.709. The zero-order valence-corrected chi connectivity index (χ0v) is 13.4. The fourth-order valence-corrected chi connectivity index (χ4v) is 2.05. The van der Waals surface area contributed by atoms with E-state index in [1.165, 1.54) is 0 Å². The Morgan fingerprint density at radius 2 is 1.95 bits per heavy atom. The molecule has 1 aromatic carbocycles. The van der Waals surface area contributed by atoms with Crippen molar-refractivity contribution in [3.8, 4) is 0 Å². The highest BCUT2D eigenvalue weighted by atomic mass is 16.4. The SMILES string of the molecule is CNCCCN[C@@H](CC(=O)Nc1cc(C)ccc1C)C(=O)O. The molecule has 0 saturated heterocycles. The van der Waals surface area contributed by atoms with Crippen LogP contribution in [0.25, 0.3) is 0 Å². The van der Waals surface area contributed by atoms with Gasteiger partial charge in [0.1, 0.15) is 6.04 Å². The Labute approximate surface area is 131 Å². The number of aliphatic carboxylic acids is 1. The minimum absolute atomic E-state index is 0.0950. The van der Waals surface area contributed by atoms with Gasteiger partial charge in [0.2, 0.25) is 5.91 Å². The quantitative estimate of drug-likeness (QED) is 0.516. The summed E-state index contributed by atoms with van der Waals surface area (Å²) in [7, 11) is 1.84. The fraction of sp³-hybridized carbons (Fsp3) is 0.500. The molecule has 22 heavy (non-hydrogen) atoms. The average molecular weight is 307 g/mol. The van der Waals surface area contributed by atoms with Crippen LogP contribution in [0, 0.1) is 13.8 Å². The number of aryl methyl sites for hydroxylation is 2. The van der Waals surface area contributed by atoms with Crippen LogP contribution in [-0.2, 0) is 9.59 Å². The Bertz CT molecular complexity index is 517. The molecule has 122 valence electrons. The highest BCUT2D eigenvalue weighted by Crippen LogP contribution is 2.16. The zero-order valence-electron chi connectivity index (χ0n) is 13.4. The first-order chi connectivity index (χ1) is 10.4. The van der Waals surface area contributed by atoms with Gasteiger partial charge in [0.15, 0.2) is 0 Å². The molecule has 0 radical (unpaired) electrons. The minimum atomic E-state index is -1.01. The molecule has 0 spiro atoms. The van der Waals surface area contributed by atoms with Crippen molar-refractivity contribution in [2.45, 2.75) is 32.7 Å². The lowest BCUT2D eigenvalue weighted by molar-refractivity contribution is -0.141. The van der Waals surface area contributed by atoms with Crippen LogP contribution in [0.1, 0.15) is 24.0 Å². The molecule has 6 nitrogen and oxygen atoms in total. The summed E-state index contributed by atoms with van der Waals surface area (Å²) in [5, 5.41) is 17.9. The maximum atomic E-state index is 12.1. The van der Waals surface area contributed by atoms with Gasteiger partial charge in [0.05, 0.1) is 6.42 Å². The van der Waals surface area contributed by atoms with Crippen LogP contribution < -0.4 is 16.0 Å². The molecular weight excluding hydrogens is 282 g/mol. The van der Waals surface area contributed by atoms with Crippen LogP contribution >= 0.6 is 0 Å². The summed E-state index contributed by atoms with van der Waals surface area (Å²) in [6.45, 7) is 5.20. The summed E-state index contributed by atoms with van der Waals surface area (Å²) < 4.78 is 0. The molecule has 1 atom stereocenters. The van der Waals surface area contributed by atoms with Gasteiger partial charge in [0.25, 0.3) is 0 Å². The van der Waals surface area contributed by atoms with Gasteiger partial charge in [-0.1, -0.05) is 12.1 Å². The number of rotatable bonds is 9. The molecule has 0 aliphatic carbocycles. The second kappa shape index (κ2) is 9.17. The van der Waals surface area contributed by atoms with E-state index in [2.05, 4.69) is 16.0 Å². The number of carbonyl (C=O) groups is 2. The van der Waals surface area contributed by atoms with Crippen molar-refractivity contribution < 1.29 is 14.7 Å². The number of nitrogens with one attached hydrogen (secondary N) is 3. The number of amides is 1. The van der Waals surface area contributed by atoms with Crippen molar-refractivity contribution in [1.82, 2.24) is 10.6 Å². The molecule has 0 aromatic heterocycles. The first-order valence-electron chi connectivity index (χ1n) is 7.42. The molecule has 4 N–H and O–H groups in total. The summed E-state index contributed by atoms with van der Waals surface area (Å²) >= 11 is 0. The molecule has 1 aromatic rings. The Hall–Kier alpha value is -1.92. The molecule has 0 aliphatic heterocycles. The minimum Gasteiger partial charge on any atom is -0.480 e. The summed E-state index contributed by atoms with van der Waals surface area (Å²) in [5.41, 5.74) is 2.72. The first-order valence-corrected chi connectivity index (χ1v) is 7.42. The van der Waals surface area contributed by atoms with Crippen molar-refractivity contribution in [2.75, 3.05) is 25.5 Å². The fourth-order valence-electron chi connectivity index (χ4n) is 2.05. The number of hydrogen-bond donors (Lipinski definition) is 4. The standard InChI is InChI=1S/C16H25N3O3/c1-11-5-6-12(2)13(9-11)19-15(20)10-14(16(21)22)18-8-4-7-17-3/h5-6,9,14,17-18H,4,7-8,10H2,1-3H3,(H,19,20)(H,21,22)/t14-/m0/s1. The summed E-state index contributed by atoms with van der Waals surface area (Å²) in [4.78, 5) is 23.3. The number of carboxylic acid groups (broad SMARTS) is 1. The molecule has 1 amide bonds. The second-order valence-corrected chi connectivity index (χ2v) is 5.37. The molecule has 0 heterocycles. The molecule has 0 unspecified atom stereocenters. The monoisotopic (exact) mass is 307 g/mol. The summed E-state index contributed by atoms with van der Waals surface area (Å²) in [6, 6.07) is 4.90. The predicted octanol–water partition coefficient (Wildman–Crippen LogP) is 1.28. The Morgan fingerprint density at radius 3 is 2.59 bits per heavy atom. The van der Waals surface area contributed by atoms with Crippen molar-refractivity contribution in [3.05, 3.63) is 29.3 Å². The largest absolute Gasteiger partial charge is 0.480 e. The second-order valence-electron chi connectivity index (χ2n) is 5.37. The van der Waals surface area contributed by atoms with E-state index >= 15 is 0 Å². The molecule has 0 bridgehead atoms. The van der Waals surface area contributed by atoms with Gasteiger partial charge >= 0.3 is 5.97 Å². The molecule has 0 aliphatic rings. The third-order valence-electron chi connectivity index (χ3n) is 3.35. The van der Waals surface area contributed by atoms with Crippen LogP contribution in [-0.4, -0.2) is 43.2 Å². The van der Waals surface area contributed by atoms with Gasteiger partial charge in [-0.25, -0.2) is 0 Å². The molecule has 0 saturated carbocycles. The maximum absolute atomic E-state index is 12.1. The first kappa shape index (κ1) is 18.1. The van der Waals surface area contributed by atoms with E-state index in [0.29, 0.717) is 6.54 Å². The van der Waals surface area contributed by atoms with Gasteiger partial charge in [-0.3, -0.25) is 9.59 Å². The van der Waals surface area contributed by atoms with Crippen molar-refractivity contribution >= 4 is 17.6 Å². The van der Waals surface area contributed by atoms with E-state index in [4.69, 9.17) is 0 Å². The normalized spacial score (nSPS) is 12.0. The number of carboxylic acids is 1. The lowest BCUT2D eigenvalue weighted by Crippen LogP contribution is -2.40. The zero-order chi connectivity index (χ0) is 16.5. The smallest absolute Gasteiger partial charge is 0.321 e. The maximum Gasteiger partial charge on any atom is 0.321 e. The molecule has 1 rings (SSSR count). The third kappa shape index (κ3) is 6.24. The topological polar surface area (TPSA) is 90.5 Å². The van der Waals surface area contributed by atoms with Crippen molar-refractivity contribution in [2.24, 2.45) is 0 Å². The highest BCUT2D eigenvalue weighted by Gasteiger charge is 2.20. The lowest BCUT2D eigenvalue weighted by Gasteiger charge is -2.15. The Kier molecular flexibility index (Phi) is 7.56. The van der Waals surface area contributed by atoms with Crippen LogP contribution in [0.3, 0.4) is 0 Å². The number of benzene rings is 1. The van der Waals surface area contributed by atoms with Crippen molar-refractivity contribution in [1.29, 1.82) is 0 Å². The van der Waals surface area contributed by atoms with E-state index in [9.17, 15) is 14.7 Å². The third-order valence-corrected chi connectivity index (χ3v) is 3.35. The van der Waals surface area contributed by atoms with Gasteiger partial charge in [0, 0.05) is 5.69 Å². The Balaban J connectivity index is 2.56. The predicted molar refractivity (Wildman–Crippen MR) is 87.1 cm³/mol. The van der Waals surface area contributed by atoms with Gasteiger partial charge in [-0.2, -0.15) is 0 Å². The number of carbonyl (C=O) groups excluding carboxylic acids is 1. The van der Waals surface area contributed by atoms with Gasteiger partial charge in [-0.15, -0.1) is 0 Å². The molecule has 0 fully saturated rings. The molecule has 6 heteroatoms. The van der Waals surface area contributed by atoms with Crippen LogP contribution in [0.4, 0.5) is 5.69 Å². The average Bonchev–Trinajstić information content (AvgIpc) is 2.46. The highest BCUT2D eigenvalue weighted by molar-refractivity contribution is 5.94. The van der Waals surface area contributed by atoms with Crippen LogP contribution in [0.15, 0.2) is 18.2 Å². The van der Waals surface area contributed by atoms with E-state index < -0.39 is 12.0 Å². The van der Waals surface area contributed by atoms with E-state index in [1.54, 1.807) is 0 Å². The Morgan fingerprint density at radius 1 is 1.23 bits per heavy atom. The van der Waals surface area contributed by atoms with E-state index in [1.807, 2.05) is 39.1 Å². The van der Waals surface area contributed by atoms with Crippen molar-refractivity contribution in [3.63, 3.8) is 0 Å². The lowest BCUT2D eigenvalue weighted by atomic mass is 10.1. The number of anilines is 1. The van der Waals surface area contributed by atoms with E-state index in [-0.39, 0.29) is 12.3 Å².